The molecule has 0 saturated carbocycles. The molecule has 0 aliphatic rings. The molecule has 1 rings (SSSR count). The summed E-state index contributed by atoms with van der Waals surface area (Å²) >= 11 is 3.30. The highest BCUT2D eigenvalue weighted by Crippen LogP contribution is 2.32. The van der Waals surface area contributed by atoms with Gasteiger partial charge in [0.25, 0.3) is 0 Å². The number of aliphatic hydroxyl groups is 1. The van der Waals surface area contributed by atoms with Gasteiger partial charge in [0.05, 0.1) is 12.6 Å². The second-order valence-electron chi connectivity index (χ2n) is 4.00. The van der Waals surface area contributed by atoms with Gasteiger partial charge in [0.1, 0.15) is 5.67 Å². The van der Waals surface area contributed by atoms with Crippen LogP contribution in [0.25, 0.3) is 0 Å². The summed E-state index contributed by atoms with van der Waals surface area (Å²) in [5.41, 5.74) is 5.64. The van der Waals surface area contributed by atoms with Crippen molar-refractivity contribution in [3.8, 4) is 0 Å². The molecule has 15 heavy (non-hydrogen) atoms. The number of nitrogens with two attached hydrogens (primary N) is 1. The van der Waals surface area contributed by atoms with E-state index in [1.54, 1.807) is 18.2 Å². The Morgan fingerprint density at radius 2 is 2.13 bits per heavy atom. The van der Waals surface area contributed by atoms with E-state index < -0.39 is 11.7 Å². The van der Waals surface area contributed by atoms with Gasteiger partial charge in [-0.2, -0.15) is 0 Å². The molecule has 4 heteroatoms. The first kappa shape index (κ1) is 12.6. The van der Waals surface area contributed by atoms with Crippen LogP contribution in [0.2, 0.25) is 0 Å². The van der Waals surface area contributed by atoms with Crippen molar-refractivity contribution >= 4 is 15.9 Å². The van der Waals surface area contributed by atoms with Crippen LogP contribution in [-0.2, 0) is 5.67 Å². The van der Waals surface area contributed by atoms with Crippen molar-refractivity contribution in [3.05, 3.63) is 33.8 Å². The fourth-order valence-electron chi connectivity index (χ4n) is 1.35. The SMILES string of the molecule is CC(C)(F)c1ccc(C(N)CO)cc1Br. The number of benzene rings is 1. The Kier molecular flexibility index (Phi) is 3.87. The maximum Gasteiger partial charge on any atom is 0.131 e. The molecule has 0 saturated heterocycles. The van der Waals surface area contributed by atoms with Gasteiger partial charge in [-0.15, -0.1) is 0 Å². The topological polar surface area (TPSA) is 46.2 Å². The molecular formula is C11H15BrFNO. The predicted molar refractivity (Wildman–Crippen MR) is 62.3 cm³/mol. The Morgan fingerprint density at radius 1 is 1.53 bits per heavy atom. The molecule has 0 spiro atoms. The third-order valence-corrected chi connectivity index (χ3v) is 2.91. The largest absolute Gasteiger partial charge is 0.394 e. The van der Waals surface area contributed by atoms with Crippen molar-refractivity contribution in [2.24, 2.45) is 5.73 Å². The zero-order valence-corrected chi connectivity index (χ0v) is 10.4. The van der Waals surface area contributed by atoms with E-state index >= 15 is 0 Å². The number of alkyl halides is 1. The van der Waals surface area contributed by atoms with Crippen LogP contribution < -0.4 is 5.73 Å². The predicted octanol–water partition coefficient (Wildman–Crippen LogP) is 2.65. The first-order chi connectivity index (χ1) is 6.86. The zero-order chi connectivity index (χ0) is 11.6. The van der Waals surface area contributed by atoms with E-state index in [1.165, 1.54) is 13.8 Å². The highest BCUT2D eigenvalue weighted by molar-refractivity contribution is 9.10. The second kappa shape index (κ2) is 4.60. The van der Waals surface area contributed by atoms with Gasteiger partial charge in [0, 0.05) is 10.0 Å². The molecule has 0 amide bonds. The van der Waals surface area contributed by atoms with Gasteiger partial charge < -0.3 is 10.8 Å². The lowest BCUT2D eigenvalue weighted by Gasteiger charge is -2.18. The van der Waals surface area contributed by atoms with Crippen molar-refractivity contribution in [2.75, 3.05) is 6.61 Å². The van der Waals surface area contributed by atoms with E-state index in [4.69, 9.17) is 10.8 Å². The van der Waals surface area contributed by atoms with Crippen molar-refractivity contribution < 1.29 is 9.50 Å². The summed E-state index contributed by atoms with van der Waals surface area (Å²) in [6.07, 6.45) is 0. The van der Waals surface area contributed by atoms with E-state index in [0.717, 1.165) is 5.56 Å². The molecule has 0 aliphatic carbocycles. The lowest BCUT2D eigenvalue weighted by molar-refractivity contribution is 0.220. The molecular weight excluding hydrogens is 261 g/mol. The van der Waals surface area contributed by atoms with E-state index in [9.17, 15) is 4.39 Å². The second-order valence-corrected chi connectivity index (χ2v) is 4.86. The summed E-state index contributed by atoms with van der Waals surface area (Å²) in [6, 6.07) is 4.76. The summed E-state index contributed by atoms with van der Waals surface area (Å²) in [5.74, 6) is 0. The molecule has 0 aromatic heterocycles. The minimum absolute atomic E-state index is 0.120. The molecule has 2 nitrogen and oxygen atoms in total. The number of rotatable bonds is 3. The molecule has 0 aliphatic heterocycles. The van der Waals surface area contributed by atoms with Crippen molar-refractivity contribution in [1.82, 2.24) is 0 Å². The maximum atomic E-state index is 13.7. The van der Waals surface area contributed by atoms with Crippen molar-refractivity contribution in [3.63, 3.8) is 0 Å². The zero-order valence-electron chi connectivity index (χ0n) is 8.80. The number of halogens is 2. The number of hydrogen-bond donors (Lipinski definition) is 2. The van der Waals surface area contributed by atoms with Crippen LogP contribution in [0, 0.1) is 0 Å². The molecule has 84 valence electrons. The van der Waals surface area contributed by atoms with Crippen molar-refractivity contribution in [2.45, 2.75) is 25.6 Å². The Hall–Kier alpha value is -0.450. The first-order valence-electron chi connectivity index (χ1n) is 4.71. The van der Waals surface area contributed by atoms with Gasteiger partial charge in [0.15, 0.2) is 0 Å². The molecule has 1 atom stereocenters. The van der Waals surface area contributed by atoms with E-state index in [2.05, 4.69) is 15.9 Å². The van der Waals surface area contributed by atoms with E-state index in [1.807, 2.05) is 0 Å². The van der Waals surface area contributed by atoms with Gasteiger partial charge in [-0.3, -0.25) is 0 Å². The standard InChI is InChI=1S/C11H15BrFNO/c1-11(2,13)8-4-3-7(5-9(8)12)10(14)6-15/h3-5,10,15H,6,14H2,1-2H3. The number of aliphatic hydroxyl groups excluding tert-OH is 1. The van der Waals surface area contributed by atoms with Gasteiger partial charge >= 0.3 is 0 Å². The summed E-state index contributed by atoms with van der Waals surface area (Å²) in [7, 11) is 0. The summed E-state index contributed by atoms with van der Waals surface area (Å²) < 4.78 is 14.4. The normalized spacial score (nSPS) is 14.0. The summed E-state index contributed by atoms with van der Waals surface area (Å²) in [5, 5.41) is 8.89. The van der Waals surface area contributed by atoms with Crippen LogP contribution in [-0.4, -0.2) is 11.7 Å². The van der Waals surface area contributed by atoms with Crippen LogP contribution in [0.15, 0.2) is 22.7 Å². The first-order valence-corrected chi connectivity index (χ1v) is 5.51. The lowest BCUT2D eigenvalue weighted by Crippen LogP contribution is -2.16. The Bertz CT molecular complexity index is 349. The third-order valence-electron chi connectivity index (χ3n) is 2.26. The van der Waals surface area contributed by atoms with Gasteiger partial charge in [-0.25, -0.2) is 4.39 Å². The Labute approximate surface area is 97.4 Å². The van der Waals surface area contributed by atoms with Crippen LogP contribution in [0.4, 0.5) is 4.39 Å². The Morgan fingerprint density at radius 3 is 2.53 bits per heavy atom. The maximum absolute atomic E-state index is 13.7. The molecule has 0 radical (unpaired) electrons. The summed E-state index contributed by atoms with van der Waals surface area (Å²) in [6.45, 7) is 2.88. The monoisotopic (exact) mass is 275 g/mol. The molecule has 0 heterocycles. The molecule has 0 fully saturated rings. The van der Waals surface area contributed by atoms with Crippen molar-refractivity contribution in [1.29, 1.82) is 0 Å². The number of hydrogen-bond acceptors (Lipinski definition) is 2. The molecule has 0 bridgehead atoms. The van der Waals surface area contributed by atoms with E-state index in [0.29, 0.717) is 10.0 Å². The quantitative estimate of drug-likeness (QED) is 0.891. The Balaban J connectivity index is 3.09. The average Bonchev–Trinajstić information content (AvgIpc) is 2.14. The average molecular weight is 276 g/mol. The molecule has 3 N–H and O–H groups in total. The highest BCUT2D eigenvalue weighted by atomic mass is 79.9. The van der Waals surface area contributed by atoms with E-state index in [-0.39, 0.29) is 6.61 Å². The minimum atomic E-state index is -1.39. The minimum Gasteiger partial charge on any atom is -0.394 e. The fourth-order valence-corrected chi connectivity index (χ4v) is 2.22. The fraction of sp³-hybridized carbons (Fsp3) is 0.455. The van der Waals surface area contributed by atoms with Gasteiger partial charge in [0.2, 0.25) is 0 Å². The highest BCUT2D eigenvalue weighted by Gasteiger charge is 2.22. The molecule has 1 aromatic carbocycles. The molecule has 1 aromatic rings. The van der Waals surface area contributed by atoms with Gasteiger partial charge in [-0.05, 0) is 25.5 Å². The summed E-state index contributed by atoms with van der Waals surface area (Å²) in [4.78, 5) is 0. The van der Waals surface area contributed by atoms with Crippen LogP contribution >= 0.6 is 15.9 Å². The van der Waals surface area contributed by atoms with Crippen LogP contribution in [0.5, 0.6) is 0 Å². The van der Waals surface area contributed by atoms with Crippen LogP contribution in [0.1, 0.15) is 31.0 Å². The molecule has 1 unspecified atom stereocenters. The van der Waals surface area contributed by atoms with Crippen LogP contribution in [0.3, 0.4) is 0 Å². The smallest absolute Gasteiger partial charge is 0.131 e. The lowest BCUT2D eigenvalue weighted by atomic mass is 9.97. The third kappa shape index (κ3) is 3.00. The van der Waals surface area contributed by atoms with Gasteiger partial charge in [-0.1, -0.05) is 28.1 Å².